The summed E-state index contributed by atoms with van der Waals surface area (Å²) in [6.07, 6.45) is 0. The van der Waals surface area contributed by atoms with Gasteiger partial charge >= 0.3 is 0 Å². The number of ether oxygens (including phenoxy) is 3. The summed E-state index contributed by atoms with van der Waals surface area (Å²) in [7, 11) is 3.17. The Hall–Kier alpha value is -2.12. The molecule has 1 aliphatic rings. The summed E-state index contributed by atoms with van der Waals surface area (Å²) < 4.78 is 15.3. The van der Waals surface area contributed by atoms with Gasteiger partial charge in [0.05, 0.1) is 20.3 Å². The number of methoxy groups -OCH3 is 2. The van der Waals surface area contributed by atoms with Gasteiger partial charge in [-0.15, -0.1) is 0 Å². The van der Waals surface area contributed by atoms with Crippen LogP contribution in [-0.4, -0.2) is 69.9 Å². The van der Waals surface area contributed by atoms with Gasteiger partial charge in [-0.05, 0) is 31.2 Å². The molecule has 7 heteroatoms. The van der Waals surface area contributed by atoms with E-state index in [1.54, 1.807) is 30.9 Å². The molecule has 1 fully saturated rings. The molecule has 1 aliphatic heterocycles. The Bertz CT molecular complexity index is 561. The summed E-state index contributed by atoms with van der Waals surface area (Å²) in [6.45, 7) is 3.43. The lowest BCUT2D eigenvalue weighted by atomic mass is 10.1. The Morgan fingerprint density at radius 1 is 1.17 bits per heavy atom. The molecule has 0 bridgehead atoms. The Labute approximate surface area is 142 Å². The minimum absolute atomic E-state index is 0.0382. The summed E-state index contributed by atoms with van der Waals surface area (Å²) in [5, 5.41) is 0. The second kappa shape index (κ2) is 8.65. The number of amides is 2. The van der Waals surface area contributed by atoms with E-state index in [0.717, 1.165) is 11.4 Å². The monoisotopic (exact) mass is 336 g/mol. The highest BCUT2D eigenvalue weighted by Gasteiger charge is 2.34. The summed E-state index contributed by atoms with van der Waals surface area (Å²) >= 11 is 0. The van der Waals surface area contributed by atoms with E-state index in [1.807, 2.05) is 24.3 Å². The van der Waals surface area contributed by atoms with E-state index in [9.17, 15) is 9.59 Å². The molecule has 0 N–H and O–H groups in total. The first-order valence-corrected chi connectivity index (χ1v) is 7.90. The molecule has 0 spiro atoms. The molecule has 2 rings (SSSR count). The maximum absolute atomic E-state index is 12.6. The quantitative estimate of drug-likeness (QED) is 0.693. The molecule has 2 amide bonds. The largest absolute Gasteiger partial charge is 0.497 e. The molecule has 132 valence electrons. The van der Waals surface area contributed by atoms with Gasteiger partial charge in [-0.3, -0.25) is 9.59 Å². The Balaban J connectivity index is 1.95. The number of hydrogen-bond acceptors (Lipinski definition) is 5. The van der Waals surface area contributed by atoms with E-state index in [-0.39, 0.29) is 18.4 Å². The van der Waals surface area contributed by atoms with Crippen molar-refractivity contribution in [3.05, 3.63) is 24.3 Å². The van der Waals surface area contributed by atoms with Crippen LogP contribution < -0.4 is 9.64 Å². The van der Waals surface area contributed by atoms with E-state index in [4.69, 9.17) is 14.2 Å². The van der Waals surface area contributed by atoms with Crippen LogP contribution in [0.5, 0.6) is 5.75 Å². The molecular weight excluding hydrogens is 312 g/mol. The van der Waals surface area contributed by atoms with Gasteiger partial charge in [-0.1, -0.05) is 0 Å². The van der Waals surface area contributed by atoms with Gasteiger partial charge in [0.15, 0.2) is 0 Å². The van der Waals surface area contributed by atoms with Crippen molar-refractivity contribution in [2.24, 2.45) is 0 Å². The molecule has 0 saturated carbocycles. The molecule has 0 aromatic heterocycles. The Morgan fingerprint density at radius 3 is 2.50 bits per heavy atom. The smallest absolute Gasteiger partial charge is 0.249 e. The molecule has 1 aromatic carbocycles. The standard InChI is InChI=1S/C17H24N2O5/c1-13-17(21)19(14-4-6-15(23-3)7-5-14)9-8-18(13)16(20)12-24-11-10-22-2/h4-7,13H,8-12H2,1-3H3. The minimum Gasteiger partial charge on any atom is -0.497 e. The Kier molecular flexibility index (Phi) is 6.57. The lowest BCUT2D eigenvalue weighted by Gasteiger charge is -2.39. The van der Waals surface area contributed by atoms with Gasteiger partial charge in [0.25, 0.3) is 0 Å². The number of carbonyl (C=O) groups excluding carboxylic acids is 2. The topological polar surface area (TPSA) is 68.3 Å². The number of anilines is 1. The number of piperazine rings is 1. The highest BCUT2D eigenvalue weighted by molar-refractivity contribution is 6.00. The van der Waals surface area contributed by atoms with Crippen LogP contribution >= 0.6 is 0 Å². The summed E-state index contributed by atoms with van der Waals surface area (Å²) in [5.74, 6) is 0.458. The minimum atomic E-state index is -0.514. The number of carbonyl (C=O) groups is 2. The van der Waals surface area contributed by atoms with Crippen molar-refractivity contribution in [1.82, 2.24) is 4.90 Å². The second-order valence-corrected chi connectivity index (χ2v) is 5.50. The van der Waals surface area contributed by atoms with Crippen molar-refractivity contribution in [2.45, 2.75) is 13.0 Å². The highest BCUT2D eigenvalue weighted by atomic mass is 16.5. The fourth-order valence-electron chi connectivity index (χ4n) is 2.61. The predicted octanol–water partition coefficient (Wildman–Crippen LogP) is 0.922. The molecule has 0 radical (unpaired) electrons. The lowest BCUT2D eigenvalue weighted by Crippen LogP contribution is -2.58. The van der Waals surface area contributed by atoms with E-state index in [1.165, 1.54) is 0 Å². The van der Waals surface area contributed by atoms with Gasteiger partial charge in [0.1, 0.15) is 18.4 Å². The van der Waals surface area contributed by atoms with Crippen molar-refractivity contribution in [1.29, 1.82) is 0 Å². The zero-order valence-corrected chi connectivity index (χ0v) is 14.4. The lowest BCUT2D eigenvalue weighted by molar-refractivity contribution is -0.144. The van der Waals surface area contributed by atoms with E-state index in [0.29, 0.717) is 26.3 Å². The van der Waals surface area contributed by atoms with Crippen LogP contribution in [0.3, 0.4) is 0 Å². The number of benzene rings is 1. The predicted molar refractivity (Wildman–Crippen MR) is 89.2 cm³/mol. The fraction of sp³-hybridized carbons (Fsp3) is 0.529. The first-order valence-electron chi connectivity index (χ1n) is 7.90. The van der Waals surface area contributed by atoms with Crippen molar-refractivity contribution < 1.29 is 23.8 Å². The van der Waals surface area contributed by atoms with E-state index >= 15 is 0 Å². The van der Waals surface area contributed by atoms with Crippen LogP contribution in [0.2, 0.25) is 0 Å². The van der Waals surface area contributed by atoms with Gasteiger partial charge in [0.2, 0.25) is 11.8 Å². The van der Waals surface area contributed by atoms with E-state index in [2.05, 4.69) is 0 Å². The number of nitrogens with zero attached hydrogens (tertiary/aromatic N) is 2. The average Bonchev–Trinajstić information content (AvgIpc) is 2.61. The summed E-state index contributed by atoms with van der Waals surface area (Å²) in [5.41, 5.74) is 0.802. The van der Waals surface area contributed by atoms with Crippen LogP contribution in [0.1, 0.15) is 6.92 Å². The molecule has 1 unspecified atom stereocenters. The first kappa shape index (κ1) is 18.2. The summed E-state index contributed by atoms with van der Waals surface area (Å²) in [6, 6.07) is 6.80. The first-order chi connectivity index (χ1) is 11.6. The third-order valence-electron chi connectivity index (χ3n) is 4.02. The van der Waals surface area contributed by atoms with Crippen LogP contribution in [0.25, 0.3) is 0 Å². The molecule has 1 atom stereocenters. The highest BCUT2D eigenvalue weighted by Crippen LogP contribution is 2.23. The summed E-state index contributed by atoms with van der Waals surface area (Å²) in [4.78, 5) is 28.1. The molecular formula is C17H24N2O5. The van der Waals surface area contributed by atoms with Gasteiger partial charge in [0, 0.05) is 25.9 Å². The third-order valence-corrected chi connectivity index (χ3v) is 4.02. The second-order valence-electron chi connectivity index (χ2n) is 5.50. The molecule has 24 heavy (non-hydrogen) atoms. The van der Waals surface area contributed by atoms with Crippen molar-refractivity contribution in [3.63, 3.8) is 0 Å². The normalized spacial score (nSPS) is 18.0. The molecule has 1 saturated heterocycles. The number of hydrogen-bond donors (Lipinski definition) is 0. The average molecular weight is 336 g/mol. The van der Waals surface area contributed by atoms with Crippen molar-refractivity contribution >= 4 is 17.5 Å². The van der Waals surface area contributed by atoms with Crippen molar-refractivity contribution in [2.75, 3.05) is 52.0 Å². The van der Waals surface area contributed by atoms with Crippen molar-refractivity contribution in [3.8, 4) is 5.75 Å². The molecule has 1 heterocycles. The van der Waals surface area contributed by atoms with Crippen LogP contribution in [-0.2, 0) is 19.1 Å². The number of rotatable bonds is 7. The Morgan fingerprint density at radius 2 is 1.88 bits per heavy atom. The SMILES string of the molecule is COCCOCC(=O)N1CCN(c2ccc(OC)cc2)C(=O)C1C. The zero-order chi connectivity index (χ0) is 17.5. The molecule has 1 aromatic rings. The van der Waals surface area contributed by atoms with Crippen LogP contribution in [0, 0.1) is 0 Å². The van der Waals surface area contributed by atoms with Gasteiger partial charge in [-0.25, -0.2) is 0 Å². The van der Waals surface area contributed by atoms with Crippen LogP contribution in [0.15, 0.2) is 24.3 Å². The zero-order valence-electron chi connectivity index (χ0n) is 14.4. The van der Waals surface area contributed by atoms with Crippen LogP contribution in [0.4, 0.5) is 5.69 Å². The maximum atomic E-state index is 12.6. The molecule has 0 aliphatic carbocycles. The molecule has 7 nitrogen and oxygen atoms in total. The fourth-order valence-corrected chi connectivity index (χ4v) is 2.61. The third kappa shape index (κ3) is 4.24. The van der Waals surface area contributed by atoms with Gasteiger partial charge < -0.3 is 24.0 Å². The van der Waals surface area contributed by atoms with E-state index < -0.39 is 6.04 Å². The van der Waals surface area contributed by atoms with Gasteiger partial charge in [-0.2, -0.15) is 0 Å². The maximum Gasteiger partial charge on any atom is 0.249 e.